The molecule has 0 aliphatic rings. The standard InChI is InChI=1S/C29H28F3N3O5S/c1-33(2)21-16-12-18(13-17-21)23(24-26(36)34(3)28(38)35(4)27(24)37)25(41(39,40)22-8-6-5-7-9-22)19-10-14-20(15-11-19)29(30,31)32/h5-17,23,25,36H,1-4H3/p-1. The molecule has 2 atom stereocenters. The molecule has 0 aliphatic heterocycles. The summed E-state index contributed by atoms with van der Waals surface area (Å²) in [6, 6.07) is 17.3. The van der Waals surface area contributed by atoms with Crippen molar-refractivity contribution >= 4 is 15.5 Å². The van der Waals surface area contributed by atoms with Crippen LogP contribution in [0, 0.1) is 0 Å². The van der Waals surface area contributed by atoms with Crippen LogP contribution in [0.4, 0.5) is 18.9 Å². The van der Waals surface area contributed by atoms with Crippen molar-refractivity contribution in [2.45, 2.75) is 22.2 Å². The average Bonchev–Trinajstić information content (AvgIpc) is 2.94. The van der Waals surface area contributed by atoms with Crippen molar-refractivity contribution in [1.82, 2.24) is 9.13 Å². The Kier molecular flexibility index (Phi) is 7.90. The number of hydrogen-bond acceptors (Lipinski definition) is 6. The maximum Gasteiger partial charge on any atom is 0.416 e. The Labute approximate surface area is 234 Å². The Bertz CT molecular complexity index is 1780. The molecule has 0 amide bonds. The lowest BCUT2D eigenvalue weighted by molar-refractivity contribution is -0.281. The molecule has 0 fully saturated rings. The molecule has 0 N–H and O–H groups in total. The van der Waals surface area contributed by atoms with Gasteiger partial charge >= 0.3 is 11.9 Å². The number of nitrogens with zero attached hydrogens (tertiary/aromatic N) is 3. The summed E-state index contributed by atoms with van der Waals surface area (Å²) >= 11 is 0. The third-order valence-electron chi connectivity index (χ3n) is 7.00. The second-order valence-electron chi connectivity index (χ2n) is 9.79. The van der Waals surface area contributed by atoms with E-state index in [4.69, 9.17) is 0 Å². The smallest absolute Gasteiger partial charge is 0.416 e. The van der Waals surface area contributed by atoms with Crippen LogP contribution in [-0.2, 0) is 30.1 Å². The predicted octanol–water partition coefficient (Wildman–Crippen LogP) is 3.59. The van der Waals surface area contributed by atoms with E-state index in [0.717, 1.165) is 30.0 Å². The summed E-state index contributed by atoms with van der Waals surface area (Å²) in [5.74, 6) is -2.49. The molecule has 0 radical (unpaired) electrons. The number of anilines is 1. The average molecular weight is 587 g/mol. The molecule has 0 saturated heterocycles. The molecular formula is C29H27F3N3O5S-. The van der Waals surface area contributed by atoms with E-state index in [1.807, 2.05) is 0 Å². The summed E-state index contributed by atoms with van der Waals surface area (Å²) in [7, 11) is 1.45. The molecule has 0 bridgehead atoms. The number of sulfone groups is 1. The normalized spacial score (nSPS) is 13.5. The zero-order valence-corrected chi connectivity index (χ0v) is 23.4. The van der Waals surface area contributed by atoms with E-state index in [-0.39, 0.29) is 16.0 Å². The zero-order chi connectivity index (χ0) is 30.3. The van der Waals surface area contributed by atoms with Crippen molar-refractivity contribution in [2.24, 2.45) is 14.1 Å². The maximum atomic E-state index is 14.3. The summed E-state index contributed by atoms with van der Waals surface area (Å²) in [6.07, 6.45) is -4.68. The van der Waals surface area contributed by atoms with E-state index in [0.29, 0.717) is 9.13 Å². The first-order valence-electron chi connectivity index (χ1n) is 12.4. The van der Waals surface area contributed by atoms with E-state index in [2.05, 4.69) is 0 Å². The lowest BCUT2D eigenvalue weighted by Gasteiger charge is -2.32. The molecule has 12 heteroatoms. The lowest BCUT2D eigenvalue weighted by atomic mass is 9.85. The van der Waals surface area contributed by atoms with Gasteiger partial charge in [0, 0.05) is 45.4 Å². The van der Waals surface area contributed by atoms with Crippen molar-refractivity contribution in [1.29, 1.82) is 0 Å². The number of hydrogen-bond donors (Lipinski definition) is 0. The molecule has 4 aromatic rings. The third-order valence-corrected chi connectivity index (χ3v) is 9.14. The molecule has 8 nitrogen and oxygen atoms in total. The summed E-state index contributed by atoms with van der Waals surface area (Å²) in [6.45, 7) is 0. The monoisotopic (exact) mass is 586 g/mol. The fourth-order valence-electron chi connectivity index (χ4n) is 4.76. The van der Waals surface area contributed by atoms with Crippen LogP contribution in [0.25, 0.3) is 0 Å². The fraction of sp³-hybridized carbons (Fsp3) is 0.241. The highest BCUT2D eigenvalue weighted by Crippen LogP contribution is 2.46. The number of aromatic nitrogens is 2. The van der Waals surface area contributed by atoms with Gasteiger partial charge in [-0.05, 0) is 53.4 Å². The van der Waals surface area contributed by atoms with E-state index >= 15 is 0 Å². The van der Waals surface area contributed by atoms with E-state index in [1.165, 1.54) is 38.4 Å². The Morgan fingerprint density at radius 1 is 0.805 bits per heavy atom. The molecule has 0 saturated carbocycles. The summed E-state index contributed by atoms with van der Waals surface area (Å²) < 4.78 is 70.3. The van der Waals surface area contributed by atoms with Gasteiger partial charge in [0.15, 0.2) is 9.84 Å². The minimum absolute atomic E-state index is 0.0705. The number of alkyl halides is 3. The Morgan fingerprint density at radius 2 is 1.34 bits per heavy atom. The van der Waals surface area contributed by atoms with Crippen LogP contribution in [0.3, 0.4) is 0 Å². The topological polar surface area (TPSA) is 104 Å². The lowest BCUT2D eigenvalue weighted by Crippen LogP contribution is -2.42. The largest absolute Gasteiger partial charge is 0.860 e. The van der Waals surface area contributed by atoms with Crippen LogP contribution >= 0.6 is 0 Å². The van der Waals surface area contributed by atoms with E-state index < -0.39 is 55.4 Å². The highest BCUT2D eigenvalue weighted by Gasteiger charge is 2.41. The molecular weight excluding hydrogens is 559 g/mol. The highest BCUT2D eigenvalue weighted by atomic mass is 32.2. The van der Waals surface area contributed by atoms with Gasteiger partial charge in [0.1, 0.15) is 5.25 Å². The molecule has 2 unspecified atom stereocenters. The van der Waals surface area contributed by atoms with Crippen LogP contribution < -0.4 is 21.3 Å². The van der Waals surface area contributed by atoms with Gasteiger partial charge in [0.05, 0.1) is 10.5 Å². The molecule has 4 rings (SSSR count). The van der Waals surface area contributed by atoms with Crippen molar-refractivity contribution in [3.63, 3.8) is 0 Å². The van der Waals surface area contributed by atoms with Crippen molar-refractivity contribution in [3.05, 3.63) is 122 Å². The van der Waals surface area contributed by atoms with Gasteiger partial charge in [0.2, 0.25) is 0 Å². The number of rotatable bonds is 7. The molecule has 41 heavy (non-hydrogen) atoms. The van der Waals surface area contributed by atoms with Gasteiger partial charge in [0.25, 0.3) is 5.56 Å². The Hall–Kier alpha value is -4.32. The van der Waals surface area contributed by atoms with E-state index in [1.54, 1.807) is 49.3 Å². The summed E-state index contributed by atoms with van der Waals surface area (Å²) in [4.78, 5) is 27.7. The fourth-order valence-corrected chi connectivity index (χ4v) is 6.76. The SMILES string of the molecule is CN(C)c1ccc(C(c2c([O-])n(C)c(=O)n(C)c2=O)C(c2ccc(C(F)(F)F)cc2)S(=O)(=O)c2ccccc2)cc1. The second kappa shape index (κ2) is 10.9. The summed E-state index contributed by atoms with van der Waals surface area (Å²) in [5.41, 5.74) is -2.49. The molecule has 0 aliphatic carbocycles. The minimum atomic E-state index is -4.68. The van der Waals surface area contributed by atoms with Gasteiger partial charge in [-0.3, -0.25) is 9.36 Å². The van der Waals surface area contributed by atoms with Crippen LogP contribution in [-0.4, -0.2) is 31.6 Å². The molecule has 1 heterocycles. The maximum absolute atomic E-state index is 14.3. The molecule has 0 spiro atoms. The molecule has 1 aromatic heterocycles. The van der Waals surface area contributed by atoms with Gasteiger partial charge in [-0.1, -0.05) is 42.5 Å². The van der Waals surface area contributed by atoms with Gasteiger partial charge in [-0.25, -0.2) is 13.2 Å². The quantitative estimate of drug-likeness (QED) is 0.328. The molecule has 216 valence electrons. The van der Waals surface area contributed by atoms with Gasteiger partial charge in [-0.15, -0.1) is 0 Å². The minimum Gasteiger partial charge on any atom is -0.860 e. The first-order valence-corrected chi connectivity index (χ1v) is 13.9. The van der Waals surface area contributed by atoms with Gasteiger partial charge < -0.3 is 14.6 Å². The summed E-state index contributed by atoms with van der Waals surface area (Å²) in [5, 5.41) is 11.8. The Balaban J connectivity index is 2.13. The first kappa shape index (κ1) is 29.7. The second-order valence-corrected chi connectivity index (χ2v) is 11.9. The number of halogens is 3. The first-order chi connectivity index (χ1) is 19.2. The van der Waals surface area contributed by atoms with Crippen LogP contribution in [0.15, 0.2) is 93.3 Å². The predicted molar refractivity (Wildman–Crippen MR) is 147 cm³/mol. The van der Waals surface area contributed by atoms with Crippen LogP contribution in [0.2, 0.25) is 0 Å². The Morgan fingerprint density at radius 3 is 1.85 bits per heavy atom. The zero-order valence-electron chi connectivity index (χ0n) is 22.6. The van der Waals surface area contributed by atoms with Crippen LogP contribution in [0.1, 0.15) is 33.4 Å². The van der Waals surface area contributed by atoms with E-state index in [9.17, 15) is 36.3 Å². The van der Waals surface area contributed by atoms with Crippen molar-refractivity contribution in [2.75, 3.05) is 19.0 Å². The highest BCUT2D eigenvalue weighted by molar-refractivity contribution is 7.91. The van der Waals surface area contributed by atoms with Crippen molar-refractivity contribution in [3.8, 4) is 5.88 Å². The van der Waals surface area contributed by atoms with Crippen molar-refractivity contribution < 1.29 is 26.7 Å². The van der Waals surface area contributed by atoms with Gasteiger partial charge in [-0.2, -0.15) is 13.2 Å². The third kappa shape index (κ3) is 5.51. The number of benzene rings is 3. The van der Waals surface area contributed by atoms with Crippen LogP contribution in [0.5, 0.6) is 5.88 Å². The molecule has 3 aromatic carbocycles.